The molecule has 0 radical (unpaired) electrons. The van der Waals surface area contributed by atoms with Crippen LogP contribution in [0, 0.1) is 5.82 Å². The van der Waals surface area contributed by atoms with Crippen molar-refractivity contribution < 1.29 is 26.6 Å². The predicted octanol–water partition coefficient (Wildman–Crippen LogP) is 7.42. The Bertz CT molecular complexity index is 1550. The molecule has 0 spiro atoms. The largest absolute Gasteiger partial charge is 0.416 e. The zero-order chi connectivity index (χ0) is 31.7. The molecular formula is C32H32F4N4O2S2. The quantitative estimate of drug-likeness (QED) is 0.117. The van der Waals surface area contributed by atoms with E-state index >= 15 is 0 Å². The van der Waals surface area contributed by atoms with Crippen LogP contribution in [-0.2, 0) is 34.3 Å². The molecule has 1 aliphatic rings. The molecule has 0 saturated carbocycles. The van der Waals surface area contributed by atoms with Gasteiger partial charge in [0.15, 0.2) is 5.16 Å². The van der Waals surface area contributed by atoms with Gasteiger partial charge in [-0.15, -0.1) is 0 Å². The Morgan fingerprint density at radius 1 is 1.00 bits per heavy atom. The van der Waals surface area contributed by atoms with Crippen LogP contribution in [0.4, 0.5) is 17.6 Å². The molecule has 2 unspecified atom stereocenters. The monoisotopic (exact) mass is 644 g/mol. The summed E-state index contributed by atoms with van der Waals surface area (Å²) >= 11 is 1.38. The maximum atomic E-state index is 13.3. The van der Waals surface area contributed by atoms with Gasteiger partial charge in [-0.2, -0.15) is 13.2 Å². The zero-order valence-corrected chi connectivity index (χ0v) is 25.8. The maximum Gasteiger partial charge on any atom is 0.416 e. The van der Waals surface area contributed by atoms with Crippen LogP contribution in [0.3, 0.4) is 0 Å². The molecule has 1 aliphatic heterocycles. The lowest BCUT2D eigenvalue weighted by atomic mass is 10.1. The summed E-state index contributed by atoms with van der Waals surface area (Å²) in [6.45, 7) is 4.50. The predicted molar refractivity (Wildman–Crippen MR) is 164 cm³/mol. The normalized spacial score (nSPS) is 15.7. The van der Waals surface area contributed by atoms with Crippen molar-refractivity contribution in [3.05, 3.63) is 108 Å². The number of nitrogens with one attached hydrogen (secondary N) is 1. The highest BCUT2D eigenvalue weighted by atomic mass is 32.2. The molecule has 4 aromatic rings. The standard InChI is InChI=1S/C30H26F4N4O2S2.C2H6/c31-23-12-14-25(15-13-23)42(40)38-16-4-7-27(38)28(39)35-18-24-17-26(21-8-10-22(11-9-21)30(32,33)34)37-29(36-24)41-19-20-5-2-1-3-6-20;1-2/h1-3,5-6,8-15,17,27H,4,7,16,18-19H2,(H,35,39);1-2H3. The Balaban J connectivity index is 0.00000216. The number of hydrogen-bond acceptors (Lipinski definition) is 5. The second kappa shape index (κ2) is 15.4. The van der Waals surface area contributed by atoms with Gasteiger partial charge in [0.2, 0.25) is 5.91 Å². The summed E-state index contributed by atoms with van der Waals surface area (Å²) in [5, 5.41) is 3.29. The third kappa shape index (κ3) is 8.73. The average Bonchev–Trinajstić information content (AvgIpc) is 3.54. The molecule has 6 nitrogen and oxygen atoms in total. The van der Waals surface area contributed by atoms with Gasteiger partial charge in [0.25, 0.3) is 0 Å². The van der Waals surface area contributed by atoms with Gasteiger partial charge in [0, 0.05) is 17.9 Å². The second-order valence-electron chi connectivity index (χ2n) is 9.60. The number of nitrogens with zero attached hydrogens (tertiary/aromatic N) is 3. The highest BCUT2D eigenvalue weighted by molar-refractivity contribution is 7.98. The minimum absolute atomic E-state index is 0.0431. The smallest absolute Gasteiger partial charge is 0.349 e. The van der Waals surface area contributed by atoms with Crippen LogP contribution in [0.2, 0.25) is 0 Å². The molecule has 0 bridgehead atoms. The minimum Gasteiger partial charge on any atom is -0.349 e. The lowest BCUT2D eigenvalue weighted by molar-refractivity contribution is -0.137. The van der Waals surface area contributed by atoms with Crippen LogP contribution >= 0.6 is 11.8 Å². The summed E-state index contributed by atoms with van der Waals surface area (Å²) in [4.78, 5) is 22.8. The fraction of sp³-hybridized carbons (Fsp3) is 0.281. The van der Waals surface area contributed by atoms with E-state index in [9.17, 15) is 26.6 Å². The average molecular weight is 645 g/mol. The van der Waals surface area contributed by atoms with Crippen molar-refractivity contribution in [3.63, 3.8) is 0 Å². The van der Waals surface area contributed by atoms with Crippen molar-refractivity contribution in [2.45, 2.75) is 61.3 Å². The first-order valence-corrected chi connectivity index (χ1v) is 16.2. The molecule has 12 heteroatoms. The molecule has 0 aliphatic carbocycles. The van der Waals surface area contributed by atoms with Crippen molar-refractivity contribution in [1.29, 1.82) is 0 Å². The topological polar surface area (TPSA) is 75.2 Å². The number of carbonyl (C=O) groups is 1. The number of alkyl halides is 3. The van der Waals surface area contributed by atoms with E-state index in [1.165, 1.54) is 48.2 Å². The summed E-state index contributed by atoms with van der Waals surface area (Å²) in [7, 11) is -1.63. The zero-order valence-electron chi connectivity index (χ0n) is 24.2. The van der Waals surface area contributed by atoms with Gasteiger partial charge in [-0.25, -0.2) is 22.9 Å². The number of halogens is 4. The molecule has 1 saturated heterocycles. The molecule has 44 heavy (non-hydrogen) atoms. The fourth-order valence-electron chi connectivity index (χ4n) is 4.51. The van der Waals surface area contributed by atoms with Crippen LogP contribution in [0.25, 0.3) is 11.3 Å². The van der Waals surface area contributed by atoms with E-state index in [4.69, 9.17) is 0 Å². The van der Waals surface area contributed by atoms with Crippen molar-refractivity contribution in [2.24, 2.45) is 0 Å². The molecule has 2 atom stereocenters. The summed E-state index contributed by atoms with van der Waals surface area (Å²) in [6.07, 6.45) is -3.26. The lowest BCUT2D eigenvalue weighted by Gasteiger charge is -2.22. The number of rotatable bonds is 9. The lowest BCUT2D eigenvalue weighted by Crippen LogP contribution is -2.43. The highest BCUT2D eigenvalue weighted by Gasteiger charge is 2.35. The van der Waals surface area contributed by atoms with Gasteiger partial charge in [-0.1, -0.05) is 68.1 Å². The molecule has 2 heterocycles. The Labute approximate surface area is 260 Å². The number of amides is 1. The van der Waals surface area contributed by atoms with Crippen LogP contribution in [0.1, 0.15) is 43.5 Å². The molecule has 1 aromatic heterocycles. The van der Waals surface area contributed by atoms with Crippen LogP contribution in [0.5, 0.6) is 0 Å². The van der Waals surface area contributed by atoms with E-state index in [2.05, 4.69) is 15.3 Å². The first-order valence-electron chi connectivity index (χ1n) is 14.1. The molecule has 232 valence electrons. The van der Waals surface area contributed by atoms with Gasteiger partial charge in [0.05, 0.1) is 28.4 Å². The fourth-order valence-corrected chi connectivity index (χ4v) is 6.71. The molecule has 3 aromatic carbocycles. The van der Waals surface area contributed by atoms with Gasteiger partial charge >= 0.3 is 6.18 Å². The number of benzene rings is 3. The van der Waals surface area contributed by atoms with E-state index in [1.54, 1.807) is 10.4 Å². The van der Waals surface area contributed by atoms with Crippen LogP contribution in [0.15, 0.2) is 95.0 Å². The second-order valence-corrected chi connectivity index (χ2v) is 12.0. The SMILES string of the molecule is CC.O=C(NCc1cc(-c2ccc(C(F)(F)F)cc2)nc(SCc2ccccc2)n1)C1CCCN1S(=O)c1ccc(F)cc1. The van der Waals surface area contributed by atoms with Crippen molar-refractivity contribution >= 4 is 28.7 Å². The molecule has 1 amide bonds. The summed E-state index contributed by atoms with van der Waals surface area (Å²) in [5.41, 5.74) is 1.68. The summed E-state index contributed by atoms with van der Waals surface area (Å²) < 4.78 is 67.3. The van der Waals surface area contributed by atoms with Crippen molar-refractivity contribution in [1.82, 2.24) is 19.6 Å². The van der Waals surface area contributed by atoms with Crippen molar-refractivity contribution in [3.8, 4) is 11.3 Å². The molecular weight excluding hydrogens is 613 g/mol. The van der Waals surface area contributed by atoms with E-state index in [0.717, 1.165) is 17.7 Å². The number of aromatic nitrogens is 2. The van der Waals surface area contributed by atoms with Gasteiger partial charge in [-0.05, 0) is 60.9 Å². The Morgan fingerprint density at radius 2 is 1.68 bits per heavy atom. The Kier molecular flexibility index (Phi) is 11.7. The van der Waals surface area contributed by atoms with Crippen molar-refractivity contribution in [2.75, 3.05) is 6.54 Å². The first kappa shape index (κ1) is 33.3. The van der Waals surface area contributed by atoms with E-state index < -0.39 is 34.6 Å². The number of thioether (sulfide) groups is 1. The summed E-state index contributed by atoms with van der Waals surface area (Å²) in [6, 6.07) is 20.8. The van der Waals surface area contributed by atoms with E-state index in [-0.39, 0.29) is 12.5 Å². The van der Waals surface area contributed by atoms with Gasteiger partial charge < -0.3 is 5.32 Å². The third-order valence-corrected chi connectivity index (χ3v) is 9.11. The van der Waals surface area contributed by atoms with Gasteiger partial charge in [-0.3, -0.25) is 4.79 Å². The Hall–Kier alpha value is -3.61. The number of carbonyl (C=O) groups excluding carboxylic acids is 1. The first-order chi connectivity index (χ1) is 21.2. The van der Waals surface area contributed by atoms with E-state index in [1.807, 2.05) is 44.2 Å². The third-order valence-electron chi connectivity index (χ3n) is 6.66. The molecule has 1 fully saturated rings. The minimum atomic E-state index is -4.45. The van der Waals surface area contributed by atoms with Gasteiger partial charge in [0.1, 0.15) is 22.8 Å². The highest BCUT2D eigenvalue weighted by Crippen LogP contribution is 2.31. The van der Waals surface area contributed by atoms with Crippen LogP contribution < -0.4 is 5.32 Å². The van der Waals surface area contributed by atoms with E-state index in [0.29, 0.717) is 52.1 Å². The molecule has 5 rings (SSSR count). The number of hydrogen-bond donors (Lipinski definition) is 1. The Morgan fingerprint density at radius 3 is 2.34 bits per heavy atom. The summed E-state index contributed by atoms with van der Waals surface area (Å²) in [5.74, 6) is -0.181. The maximum absolute atomic E-state index is 13.3. The van der Waals surface area contributed by atoms with Crippen LogP contribution in [-0.4, -0.2) is 37.0 Å². The molecule has 1 N–H and O–H groups in total.